The van der Waals surface area contributed by atoms with Gasteiger partial charge in [-0.1, -0.05) is 114 Å². The average molecular weight is 552 g/mol. The summed E-state index contributed by atoms with van der Waals surface area (Å²) < 4.78 is 0. The summed E-state index contributed by atoms with van der Waals surface area (Å²) in [5.74, 6) is 0. The lowest BCUT2D eigenvalue weighted by Crippen LogP contribution is -2.49. The van der Waals surface area contributed by atoms with Crippen molar-refractivity contribution in [3.63, 3.8) is 0 Å². The quantitative estimate of drug-likeness (QED) is 0.163. The standard InChI is InChI=1S/C38H24B4N2/c1-22-34(39)35(40)36(41)37(42)38(22)44-32-20-9-8-19-31(32)43-21-30-25-14-4-6-16-28(25)33(29-17-7-5-15-26(29)30)27-18-10-12-23-11-2-3-13-24(23)27/h2-21,44H,1H3. The van der Waals surface area contributed by atoms with Crippen LogP contribution in [0.2, 0.25) is 0 Å². The Labute approximate surface area is 262 Å². The molecule has 0 unspecified atom stereocenters. The highest BCUT2D eigenvalue weighted by atomic mass is 14.9. The van der Waals surface area contributed by atoms with Crippen LogP contribution in [-0.2, 0) is 0 Å². The zero-order valence-electron chi connectivity index (χ0n) is 24.3. The third-order valence-corrected chi connectivity index (χ3v) is 8.45. The zero-order chi connectivity index (χ0) is 30.4. The highest BCUT2D eigenvalue weighted by Crippen LogP contribution is 2.41. The molecule has 7 rings (SSSR count). The van der Waals surface area contributed by atoms with E-state index in [1.807, 2.05) is 37.4 Å². The van der Waals surface area contributed by atoms with E-state index in [0.717, 1.165) is 33.3 Å². The highest BCUT2D eigenvalue weighted by Gasteiger charge is 2.16. The molecular formula is C38H24B4N2. The van der Waals surface area contributed by atoms with Crippen LogP contribution < -0.4 is 27.2 Å². The van der Waals surface area contributed by atoms with Gasteiger partial charge in [0.05, 0.1) is 11.4 Å². The SMILES string of the molecule is [B]c1c([B])c([B])c(Nc2ccccc2N=Cc2c3ccccc3c(-c3cccc4ccccc34)c3ccccc23)c(C)c1[B]. The lowest BCUT2D eigenvalue weighted by molar-refractivity contribution is 1.46. The molecule has 0 saturated heterocycles. The predicted molar refractivity (Wildman–Crippen MR) is 194 cm³/mol. The monoisotopic (exact) mass is 552 g/mol. The van der Waals surface area contributed by atoms with Crippen molar-refractivity contribution in [3.8, 4) is 11.1 Å². The van der Waals surface area contributed by atoms with Crippen molar-refractivity contribution < 1.29 is 0 Å². The number of para-hydroxylation sites is 2. The first-order valence-corrected chi connectivity index (χ1v) is 14.5. The molecule has 2 nitrogen and oxygen atoms in total. The minimum Gasteiger partial charge on any atom is -0.354 e. The Balaban J connectivity index is 1.41. The van der Waals surface area contributed by atoms with Gasteiger partial charge in [-0.3, -0.25) is 4.99 Å². The van der Waals surface area contributed by atoms with Crippen molar-refractivity contribution in [1.82, 2.24) is 0 Å². The van der Waals surface area contributed by atoms with Crippen LogP contribution in [0.3, 0.4) is 0 Å². The number of nitrogens with one attached hydrogen (secondary N) is 1. The Morgan fingerprint density at radius 3 is 1.80 bits per heavy atom. The molecular weight excluding hydrogens is 528 g/mol. The van der Waals surface area contributed by atoms with E-state index < -0.39 is 0 Å². The number of benzene rings is 7. The van der Waals surface area contributed by atoms with Crippen LogP contribution in [0.4, 0.5) is 17.1 Å². The summed E-state index contributed by atoms with van der Waals surface area (Å²) in [7, 11) is 24.9. The average Bonchev–Trinajstić information content (AvgIpc) is 3.07. The van der Waals surface area contributed by atoms with E-state index in [2.05, 4.69) is 96.3 Å². The first-order valence-electron chi connectivity index (χ1n) is 14.5. The molecule has 0 heterocycles. The van der Waals surface area contributed by atoms with Gasteiger partial charge in [-0.2, -0.15) is 0 Å². The van der Waals surface area contributed by atoms with E-state index in [1.165, 1.54) is 32.7 Å². The second-order valence-corrected chi connectivity index (χ2v) is 11.0. The third kappa shape index (κ3) is 4.62. The summed E-state index contributed by atoms with van der Waals surface area (Å²) >= 11 is 0. The van der Waals surface area contributed by atoms with Gasteiger partial charge >= 0.3 is 0 Å². The van der Waals surface area contributed by atoms with Crippen LogP contribution in [0.25, 0.3) is 43.4 Å². The molecule has 0 amide bonds. The number of hydrogen-bond donors (Lipinski definition) is 1. The fourth-order valence-corrected chi connectivity index (χ4v) is 6.12. The lowest BCUT2D eigenvalue weighted by Gasteiger charge is -2.22. The van der Waals surface area contributed by atoms with Crippen LogP contribution in [0.5, 0.6) is 0 Å². The first-order chi connectivity index (χ1) is 21.4. The Hall–Kier alpha value is -4.95. The molecule has 0 bridgehead atoms. The third-order valence-electron chi connectivity index (χ3n) is 8.45. The molecule has 0 aliphatic heterocycles. The Bertz CT molecular complexity index is 2180. The van der Waals surface area contributed by atoms with E-state index >= 15 is 0 Å². The normalized spacial score (nSPS) is 11.6. The molecule has 0 aliphatic rings. The van der Waals surface area contributed by atoms with Crippen LogP contribution in [0.15, 0.2) is 120 Å². The lowest BCUT2D eigenvalue weighted by atomic mass is 9.64. The Morgan fingerprint density at radius 2 is 1.09 bits per heavy atom. The van der Waals surface area contributed by atoms with E-state index in [1.54, 1.807) is 0 Å². The fourth-order valence-electron chi connectivity index (χ4n) is 6.12. The van der Waals surface area contributed by atoms with Crippen molar-refractivity contribution in [3.05, 3.63) is 126 Å². The summed E-state index contributed by atoms with van der Waals surface area (Å²) in [6, 6.07) is 40.0. The molecule has 0 fully saturated rings. The summed E-state index contributed by atoms with van der Waals surface area (Å²) in [6.45, 7) is 1.87. The maximum absolute atomic E-state index is 6.38. The maximum atomic E-state index is 6.38. The smallest absolute Gasteiger partial charge is 0.115 e. The van der Waals surface area contributed by atoms with Crippen molar-refractivity contribution >= 4 is 109 Å². The molecule has 0 aromatic heterocycles. The summed E-state index contributed by atoms with van der Waals surface area (Å²) in [5.41, 5.74) is 7.66. The number of hydrogen-bond acceptors (Lipinski definition) is 2. The van der Waals surface area contributed by atoms with Gasteiger partial charge < -0.3 is 5.32 Å². The molecule has 7 aromatic rings. The molecule has 44 heavy (non-hydrogen) atoms. The molecule has 6 heteroatoms. The Morgan fingerprint density at radius 1 is 0.545 bits per heavy atom. The molecule has 0 aliphatic carbocycles. The number of aliphatic imine (C=N–C) groups is 1. The summed E-state index contributed by atoms with van der Waals surface area (Å²) in [4.78, 5) is 5.03. The van der Waals surface area contributed by atoms with Crippen LogP contribution in [0.1, 0.15) is 11.1 Å². The molecule has 0 spiro atoms. The second-order valence-electron chi connectivity index (χ2n) is 11.0. The van der Waals surface area contributed by atoms with Gasteiger partial charge in [0.25, 0.3) is 0 Å². The largest absolute Gasteiger partial charge is 0.354 e. The summed E-state index contributed by atoms with van der Waals surface area (Å²) in [6.07, 6.45) is 1.96. The minimum absolute atomic E-state index is 0.265. The van der Waals surface area contributed by atoms with Gasteiger partial charge in [-0.15, -0.1) is 10.9 Å². The highest BCUT2D eigenvalue weighted by molar-refractivity contribution is 6.64. The molecule has 0 saturated carbocycles. The van der Waals surface area contributed by atoms with Gasteiger partial charge in [0.2, 0.25) is 0 Å². The molecule has 8 radical (unpaired) electrons. The van der Waals surface area contributed by atoms with E-state index in [4.69, 9.17) is 36.4 Å². The zero-order valence-corrected chi connectivity index (χ0v) is 24.3. The Kier molecular flexibility index (Phi) is 7.14. The first kappa shape index (κ1) is 27.9. The number of rotatable bonds is 5. The number of anilines is 2. The number of fused-ring (bicyclic) bond motifs is 3. The van der Waals surface area contributed by atoms with E-state index in [-0.39, 0.29) is 5.46 Å². The number of nitrogens with zero attached hydrogens (tertiary/aromatic N) is 1. The molecule has 0 atom stereocenters. The predicted octanol–water partition coefficient (Wildman–Crippen LogP) is 5.79. The van der Waals surface area contributed by atoms with Crippen LogP contribution >= 0.6 is 0 Å². The molecule has 7 aromatic carbocycles. The van der Waals surface area contributed by atoms with Crippen molar-refractivity contribution in [1.29, 1.82) is 0 Å². The van der Waals surface area contributed by atoms with Crippen molar-refractivity contribution in [2.75, 3.05) is 5.32 Å². The van der Waals surface area contributed by atoms with E-state index in [0.29, 0.717) is 22.1 Å². The van der Waals surface area contributed by atoms with Gasteiger partial charge in [0.1, 0.15) is 31.4 Å². The van der Waals surface area contributed by atoms with Gasteiger partial charge in [0, 0.05) is 17.5 Å². The summed E-state index contributed by atoms with van der Waals surface area (Å²) in [5, 5.41) is 10.5. The topological polar surface area (TPSA) is 24.4 Å². The molecule has 1 N–H and O–H groups in total. The fraction of sp³-hybridized carbons (Fsp3) is 0.0263. The van der Waals surface area contributed by atoms with Crippen molar-refractivity contribution in [2.24, 2.45) is 4.99 Å². The molecule has 198 valence electrons. The van der Waals surface area contributed by atoms with Crippen LogP contribution in [-0.4, -0.2) is 37.6 Å². The van der Waals surface area contributed by atoms with Gasteiger partial charge in [-0.05, 0) is 68.1 Å². The van der Waals surface area contributed by atoms with Crippen LogP contribution in [0, 0.1) is 6.92 Å². The minimum atomic E-state index is 0.265. The maximum Gasteiger partial charge on any atom is 0.115 e. The van der Waals surface area contributed by atoms with Gasteiger partial charge in [-0.25, -0.2) is 0 Å². The van der Waals surface area contributed by atoms with Gasteiger partial charge in [0.15, 0.2) is 0 Å². The second kappa shape index (κ2) is 11.3. The van der Waals surface area contributed by atoms with E-state index in [9.17, 15) is 0 Å². The van der Waals surface area contributed by atoms with Crippen molar-refractivity contribution in [2.45, 2.75) is 6.92 Å².